The number of imide groups is 1. The van der Waals surface area contributed by atoms with Gasteiger partial charge in [-0.3, -0.25) is 19.3 Å². The summed E-state index contributed by atoms with van der Waals surface area (Å²) in [6, 6.07) is 26.8. The summed E-state index contributed by atoms with van der Waals surface area (Å²) in [5.74, 6) is 2.16. The monoisotopic (exact) mass is 961 g/mol. The molecule has 5 aromatic rings. The molecule has 4 amide bonds. The maximum absolute atomic E-state index is 16.7. The zero-order valence-corrected chi connectivity index (χ0v) is 39.6. The van der Waals surface area contributed by atoms with Crippen LogP contribution in [-0.4, -0.2) is 125 Å². The van der Waals surface area contributed by atoms with Crippen LogP contribution in [0, 0.1) is 23.7 Å². The van der Waals surface area contributed by atoms with E-state index in [4.69, 9.17) is 14.2 Å². The lowest BCUT2D eigenvalue weighted by Crippen LogP contribution is -2.60. The Balaban J connectivity index is 1.32. The van der Waals surface area contributed by atoms with E-state index in [1.54, 1.807) is 79.7 Å². The predicted octanol–water partition coefficient (Wildman–Crippen LogP) is 4.50. The highest BCUT2D eigenvalue weighted by atomic mass is 16.6. The van der Waals surface area contributed by atoms with E-state index in [1.165, 1.54) is 7.11 Å². The van der Waals surface area contributed by atoms with E-state index < -0.39 is 77.3 Å². The smallest absolute Gasteiger partial charge is 0.329 e. The first-order chi connectivity index (χ1) is 34.5. The van der Waals surface area contributed by atoms with Gasteiger partial charge in [0, 0.05) is 50.6 Å². The van der Waals surface area contributed by atoms with E-state index >= 15 is 19.2 Å². The molecule has 9 rings (SSSR count). The average Bonchev–Trinajstić information content (AvgIpc) is 3.86. The standard InChI is InChI=1S/C54H55N7O10/c1-34(2)43(49(65)69-3)57-53(68)60-41-23-18-35(13-10-11-30-62)33-40(41)54(51(60)67)42(48(64)58-26-28-59(29-27-58)52-55-24-12-25-56-52)45-50(66)71-46(37-16-8-5-9-17-37)44(36-14-6-4-7-15-36)61(45)47(54)38-19-21-39(22-20-38)70-32-31-63/h4-9,12,14-25,33-34,42-47,62-63H,11,26-32H2,1-3H3,(H,57,68)/t42-,43+,44-,45-,46+,47+,54-/m1/s1. The van der Waals surface area contributed by atoms with Crippen molar-refractivity contribution in [2.24, 2.45) is 11.8 Å². The normalized spacial score (nSPS) is 23.1. The van der Waals surface area contributed by atoms with Gasteiger partial charge in [0.1, 0.15) is 36.0 Å². The number of ether oxygens (including phenoxy) is 3. The molecule has 0 radical (unpaired) electrons. The van der Waals surface area contributed by atoms with Crippen molar-refractivity contribution in [2.75, 3.05) is 62.9 Å². The first kappa shape index (κ1) is 48.4. The number of piperazine rings is 1. The molecule has 3 fully saturated rings. The van der Waals surface area contributed by atoms with Gasteiger partial charge in [-0.1, -0.05) is 98.5 Å². The Labute approximate surface area is 411 Å². The number of hydrogen-bond acceptors (Lipinski definition) is 14. The molecule has 3 N–H and O–H groups in total. The number of amides is 4. The maximum atomic E-state index is 16.7. The van der Waals surface area contributed by atoms with Crippen LogP contribution in [0.4, 0.5) is 16.4 Å². The summed E-state index contributed by atoms with van der Waals surface area (Å²) in [4.78, 5) is 92.3. The summed E-state index contributed by atoms with van der Waals surface area (Å²) >= 11 is 0. The molecule has 3 saturated heterocycles. The van der Waals surface area contributed by atoms with Crippen LogP contribution in [0.25, 0.3) is 0 Å². The first-order valence-corrected chi connectivity index (χ1v) is 23.7. The number of nitrogens with zero attached hydrogens (tertiary/aromatic N) is 6. The molecule has 0 bridgehead atoms. The topological polar surface area (TPSA) is 204 Å². The average molecular weight is 962 g/mol. The summed E-state index contributed by atoms with van der Waals surface area (Å²) in [5.41, 5.74) is 0.602. The number of esters is 2. The number of aliphatic hydroxyl groups is 2. The van der Waals surface area contributed by atoms with E-state index in [9.17, 15) is 15.0 Å². The summed E-state index contributed by atoms with van der Waals surface area (Å²) in [6.45, 7) is 4.07. The molecule has 0 unspecified atom stereocenters. The van der Waals surface area contributed by atoms with Crippen LogP contribution in [0.3, 0.4) is 0 Å². The van der Waals surface area contributed by atoms with Crippen LogP contribution in [0.1, 0.15) is 66.3 Å². The van der Waals surface area contributed by atoms with Crippen LogP contribution in [0.5, 0.6) is 5.75 Å². The Morgan fingerprint density at radius 2 is 1.51 bits per heavy atom. The number of methoxy groups -OCH3 is 1. The van der Waals surface area contributed by atoms with Gasteiger partial charge in [0.05, 0.1) is 44.0 Å². The van der Waals surface area contributed by atoms with Gasteiger partial charge in [0.2, 0.25) is 17.8 Å². The molecule has 1 aromatic heterocycles. The molecule has 4 aliphatic heterocycles. The lowest BCUT2D eigenvalue weighted by Gasteiger charge is -2.46. The van der Waals surface area contributed by atoms with Crippen molar-refractivity contribution in [3.05, 3.63) is 149 Å². The van der Waals surface area contributed by atoms with Crippen molar-refractivity contribution in [3.63, 3.8) is 0 Å². The minimum Gasteiger partial charge on any atom is -0.491 e. The van der Waals surface area contributed by atoms with Gasteiger partial charge in [-0.25, -0.2) is 24.5 Å². The van der Waals surface area contributed by atoms with Crippen molar-refractivity contribution in [3.8, 4) is 17.6 Å². The summed E-state index contributed by atoms with van der Waals surface area (Å²) in [5, 5.41) is 22.1. The van der Waals surface area contributed by atoms with Gasteiger partial charge in [-0.05, 0) is 64.6 Å². The Bertz CT molecular complexity index is 2820. The quantitative estimate of drug-likeness (QED) is 0.116. The third kappa shape index (κ3) is 8.83. The number of rotatable bonds is 12. The highest BCUT2D eigenvalue weighted by molar-refractivity contribution is 6.25. The molecule has 0 aliphatic carbocycles. The van der Waals surface area contributed by atoms with E-state index in [2.05, 4.69) is 27.1 Å². The number of cyclic esters (lactones) is 1. The largest absolute Gasteiger partial charge is 0.491 e. The van der Waals surface area contributed by atoms with Gasteiger partial charge in [0.25, 0.3) is 0 Å². The van der Waals surface area contributed by atoms with Gasteiger partial charge in [-0.2, -0.15) is 0 Å². The fraction of sp³-hybridized carbons (Fsp3) is 0.352. The molecule has 366 valence electrons. The van der Waals surface area contributed by atoms with Crippen LogP contribution in [0.2, 0.25) is 0 Å². The second-order valence-corrected chi connectivity index (χ2v) is 18.1. The van der Waals surface area contributed by atoms with Crippen LogP contribution >= 0.6 is 0 Å². The van der Waals surface area contributed by atoms with Crippen LogP contribution in [0.15, 0.2) is 122 Å². The predicted molar refractivity (Wildman–Crippen MR) is 260 cm³/mol. The van der Waals surface area contributed by atoms with Crippen molar-refractivity contribution in [1.29, 1.82) is 0 Å². The highest BCUT2D eigenvalue weighted by Crippen LogP contribution is 2.66. The van der Waals surface area contributed by atoms with E-state index in [1.807, 2.05) is 70.5 Å². The van der Waals surface area contributed by atoms with Crippen LogP contribution in [-0.2, 0) is 34.1 Å². The van der Waals surface area contributed by atoms with Crippen molar-refractivity contribution < 1.29 is 48.4 Å². The number of fused-ring (bicyclic) bond motifs is 3. The zero-order valence-electron chi connectivity index (χ0n) is 39.6. The minimum absolute atomic E-state index is 0.0147. The molecule has 17 heteroatoms. The molecular weight excluding hydrogens is 907 g/mol. The van der Waals surface area contributed by atoms with E-state index in [0.717, 1.165) is 10.5 Å². The lowest BCUT2D eigenvalue weighted by molar-refractivity contribution is -0.179. The molecular formula is C54H55N7O10. The number of benzene rings is 4. The summed E-state index contributed by atoms with van der Waals surface area (Å²) in [7, 11) is 1.21. The number of carbonyl (C=O) groups excluding carboxylic acids is 5. The fourth-order valence-electron chi connectivity index (χ4n) is 10.7. The summed E-state index contributed by atoms with van der Waals surface area (Å²) < 4.78 is 17.5. The molecule has 71 heavy (non-hydrogen) atoms. The SMILES string of the molecule is COC(=O)[C@@H](NC(=O)N1C(=O)[C@@]2(c3cc(C#CCCO)ccc31)[C@H](c1ccc(OCCO)cc1)N1[C@H](c3ccccc3)[C@H](c3ccccc3)OC(=O)[C@H]1[C@@H]2C(=O)N1CCN(c2ncccn2)CC1)C(C)C. The second kappa shape index (κ2) is 20.7. The molecule has 1 spiro atoms. The third-order valence-corrected chi connectivity index (χ3v) is 13.8. The van der Waals surface area contributed by atoms with Crippen LogP contribution < -0.4 is 19.9 Å². The number of aromatic nitrogens is 2. The van der Waals surface area contributed by atoms with Crippen molar-refractivity contribution in [2.45, 2.75) is 56.0 Å². The Hall–Kier alpha value is -7.65. The number of anilines is 2. The van der Waals surface area contributed by atoms with Gasteiger partial charge in [0.15, 0.2) is 0 Å². The maximum Gasteiger partial charge on any atom is 0.329 e. The third-order valence-electron chi connectivity index (χ3n) is 13.8. The highest BCUT2D eigenvalue weighted by Gasteiger charge is 2.76. The van der Waals surface area contributed by atoms with E-state index in [0.29, 0.717) is 41.5 Å². The molecule has 0 saturated carbocycles. The van der Waals surface area contributed by atoms with Gasteiger partial charge < -0.3 is 39.5 Å². The molecule has 4 aliphatic rings. The number of nitrogens with one attached hydrogen (secondary N) is 1. The van der Waals surface area contributed by atoms with Crippen molar-refractivity contribution in [1.82, 2.24) is 25.1 Å². The molecule has 4 aromatic carbocycles. The van der Waals surface area contributed by atoms with E-state index in [-0.39, 0.29) is 50.6 Å². The number of hydrogen-bond donors (Lipinski definition) is 3. The Morgan fingerprint density at radius 3 is 2.14 bits per heavy atom. The first-order valence-electron chi connectivity index (χ1n) is 23.7. The summed E-state index contributed by atoms with van der Waals surface area (Å²) in [6.07, 6.45) is 2.49. The lowest BCUT2D eigenvalue weighted by atomic mass is 9.64. The van der Waals surface area contributed by atoms with Crippen molar-refractivity contribution >= 4 is 41.4 Å². The number of carbonyl (C=O) groups is 5. The van der Waals surface area contributed by atoms with Gasteiger partial charge >= 0.3 is 18.0 Å². The molecule has 17 nitrogen and oxygen atoms in total. The Kier molecular flexibility index (Phi) is 14.1. The zero-order chi connectivity index (χ0) is 49.8. The number of urea groups is 1. The Morgan fingerprint density at radius 1 is 0.831 bits per heavy atom. The number of aliphatic hydroxyl groups excluding tert-OH is 2. The fourth-order valence-corrected chi connectivity index (χ4v) is 10.7. The molecule has 7 atom stereocenters. The molecule has 5 heterocycles. The minimum atomic E-state index is -2.09. The number of morpholine rings is 1. The second-order valence-electron chi connectivity index (χ2n) is 18.1. The van der Waals surface area contributed by atoms with Gasteiger partial charge in [-0.15, -0.1) is 0 Å².